The van der Waals surface area contributed by atoms with Crippen molar-refractivity contribution >= 4 is 16.9 Å². The van der Waals surface area contributed by atoms with Crippen molar-refractivity contribution in [3.63, 3.8) is 0 Å². The Hall–Kier alpha value is -2.50. The fourth-order valence-corrected chi connectivity index (χ4v) is 1.88. The molecule has 0 saturated heterocycles. The van der Waals surface area contributed by atoms with Gasteiger partial charge in [-0.15, -0.1) is 0 Å². The summed E-state index contributed by atoms with van der Waals surface area (Å²) in [6.45, 7) is 2.65. The van der Waals surface area contributed by atoms with Crippen LogP contribution in [-0.4, -0.2) is 18.2 Å². The third-order valence-corrected chi connectivity index (χ3v) is 2.90. The predicted octanol–water partition coefficient (Wildman–Crippen LogP) is 1.88. The Morgan fingerprint density at radius 2 is 2.10 bits per heavy atom. The Balaban J connectivity index is 2.66. The lowest BCUT2D eigenvalue weighted by molar-refractivity contribution is -0.142. The van der Waals surface area contributed by atoms with E-state index in [1.807, 2.05) is 0 Å². The predicted molar refractivity (Wildman–Crippen MR) is 70.9 cm³/mol. The topological polar surface area (TPSA) is 86.0 Å². The Morgan fingerprint density at radius 3 is 2.70 bits per heavy atom. The van der Waals surface area contributed by atoms with E-state index in [0.717, 1.165) is 0 Å². The number of hydrogen-bond donors (Lipinski definition) is 1. The molecule has 0 saturated carbocycles. The lowest BCUT2D eigenvalue weighted by Gasteiger charge is -2.09. The Morgan fingerprint density at radius 1 is 1.40 bits per heavy atom. The molecule has 1 aromatic heterocycles. The van der Waals surface area contributed by atoms with Gasteiger partial charge in [0.2, 0.25) is 5.43 Å². The van der Waals surface area contributed by atoms with Gasteiger partial charge in [0.25, 0.3) is 0 Å². The molecule has 0 amide bonds. The number of methoxy groups -OCH3 is 1. The largest absolute Gasteiger partial charge is 0.507 e. The Labute approximate surface area is 114 Å². The standard InChI is InChI=1S/C14H14O6/c1-7-10(6-19-8(2)15)14(17)13-11(16)4-9(18-3)5-12(13)20-7/h4-5,16H,6H2,1-3H3. The van der Waals surface area contributed by atoms with Crippen molar-refractivity contribution < 1.29 is 23.8 Å². The van der Waals surface area contributed by atoms with Crippen LogP contribution in [0.15, 0.2) is 21.3 Å². The quantitative estimate of drug-likeness (QED) is 0.863. The third-order valence-electron chi connectivity index (χ3n) is 2.90. The molecule has 6 heteroatoms. The van der Waals surface area contributed by atoms with Gasteiger partial charge in [0.05, 0.1) is 12.7 Å². The van der Waals surface area contributed by atoms with Gasteiger partial charge < -0.3 is 19.0 Å². The van der Waals surface area contributed by atoms with Crippen molar-refractivity contribution in [3.05, 3.63) is 33.7 Å². The zero-order valence-corrected chi connectivity index (χ0v) is 11.4. The van der Waals surface area contributed by atoms with E-state index < -0.39 is 11.4 Å². The van der Waals surface area contributed by atoms with E-state index in [9.17, 15) is 14.7 Å². The molecule has 106 valence electrons. The summed E-state index contributed by atoms with van der Waals surface area (Å²) in [5, 5.41) is 9.95. The van der Waals surface area contributed by atoms with Crippen LogP contribution >= 0.6 is 0 Å². The van der Waals surface area contributed by atoms with Crippen LogP contribution in [0.25, 0.3) is 11.0 Å². The number of aromatic hydroxyl groups is 1. The fraction of sp³-hybridized carbons (Fsp3) is 0.286. The first-order valence-corrected chi connectivity index (χ1v) is 5.90. The maximum absolute atomic E-state index is 12.3. The smallest absolute Gasteiger partial charge is 0.302 e. The Bertz CT molecular complexity index is 729. The second-order valence-electron chi connectivity index (χ2n) is 4.27. The van der Waals surface area contributed by atoms with Gasteiger partial charge in [-0.25, -0.2) is 0 Å². The highest BCUT2D eigenvalue weighted by Crippen LogP contribution is 2.29. The molecule has 0 bridgehead atoms. The highest BCUT2D eigenvalue weighted by atomic mass is 16.5. The average Bonchev–Trinajstić information content (AvgIpc) is 2.36. The number of ether oxygens (including phenoxy) is 2. The van der Waals surface area contributed by atoms with Gasteiger partial charge in [-0.05, 0) is 6.92 Å². The Kier molecular flexibility index (Phi) is 3.65. The number of benzene rings is 1. The molecule has 2 rings (SSSR count). The van der Waals surface area contributed by atoms with Crippen LogP contribution in [-0.2, 0) is 16.1 Å². The van der Waals surface area contributed by atoms with Crippen LogP contribution in [0, 0.1) is 6.92 Å². The van der Waals surface area contributed by atoms with Crippen LogP contribution in [0.3, 0.4) is 0 Å². The van der Waals surface area contributed by atoms with Gasteiger partial charge >= 0.3 is 5.97 Å². The number of rotatable bonds is 3. The molecule has 20 heavy (non-hydrogen) atoms. The van der Waals surface area contributed by atoms with Crippen LogP contribution < -0.4 is 10.2 Å². The van der Waals surface area contributed by atoms with Crippen molar-refractivity contribution in [1.82, 2.24) is 0 Å². The molecular formula is C14H14O6. The van der Waals surface area contributed by atoms with E-state index in [1.165, 1.54) is 26.2 Å². The number of carbonyl (C=O) groups excluding carboxylic acids is 1. The molecule has 0 radical (unpaired) electrons. The van der Waals surface area contributed by atoms with Crippen molar-refractivity contribution in [2.75, 3.05) is 7.11 Å². The van der Waals surface area contributed by atoms with Crippen LogP contribution in [0.1, 0.15) is 18.2 Å². The lowest BCUT2D eigenvalue weighted by Crippen LogP contribution is -2.14. The van der Waals surface area contributed by atoms with Crippen molar-refractivity contribution in [2.45, 2.75) is 20.5 Å². The normalized spacial score (nSPS) is 10.6. The molecule has 0 atom stereocenters. The SMILES string of the molecule is COc1cc(O)c2c(=O)c(COC(C)=O)c(C)oc2c1. The first-order chi connectivity index (χ1) is 9.43. The van der Waals surface area contributed by atoms with E-state index in [2.05, 4.69) is 0 Å². The van der Waals surface area contributed by atoms with Crippen molar-refractivity contribution in [1.29, 1.82) is 0 Å². The molecule has 0 fully saturated rings. The highest BCUT2D eigenvalue weighted by Gasteiger charge is 2.16. The average molecular weight is 278 g/mol. The van der Waals surface area contributed by atoms with Gasteiger partial charge in [-0.3, -0.25) is 9.59 Å². The molecule has 0 aliphatic rings. The lowest BCUT2D eigenvalue weighted by atomic mass is 10.1. The third kappa shape index (κ3) is 2.45. The molecule has 0 spiro atoms. The summed E-state index contributed by atoms with van der Waals surface area (Å²) >= 11 is 0. The number of fused-ring (bicyclic) bond motifs is 1. The zero-order chi connectivity index (χ0) is 14.9. The summed E-state index contributed by atoms with van der Waals surface area (Å²) in [5.41, 5.74) is -0.00533. The molecule has 0 aliphatic heterocycles. The summed E-state index contributed by atoms with van der Waals surface area (Å²) in [5.74, 6) is -0.0262. The molecule has 0 unspecified atom stereocenters. The summed E-state index contributed by atoms with van der Waals surface area (Å²) < 4.78 is 15.3. The second-order valence-corrected chi connectivity index (χ2v) is 4.27. The minimum Gasteiger partial charge on any atom is -0.507 e. The summed E-state index contributed by atoms with van der Waals surface area (Å²) in [7, 11) is 1.45. The fourth-order valence-electron chi connectivity index (χ4n) is 1.88. The summed E-state index contributed by atoms with van der Waals surface area (Å²) in [4.78, 5) is 23.2. The second kappa shape index (κ2) is 5.24. The van der Waals surface area contributed by atoms with E-state index in [-0.39, 0.29) is 28.9 Å². The van der Waals surface area contributed by atoms with Gasteiger partial charge in [-0.1, -0.05) is 0 Å². The van der Waals surface area contributed by atoms with E-state index >= 15 is 0 Å². The molecule has 2 aromatic rings. The van der Waals surface area contributed by atoms with Crippen LogP contribution in [0.5, 0.6) is 11.5 Å². The zero-order valence-electron chi connectivity index (χ0n) is 11.4. The number of phenolic OH excluding ortho intramolecular Hbond substituents is 1. The number of phenols is 1. The van der Waals surface area contributed by atoms with Gasteiger partial charge in [0.1, 0.15) is 34.8 Å². The monoisotopic (exact) mass is 278 g/mol. The molecule has 0 aliphatic carbocycles. The minimum absolute atomic E-state index is 0.0403. The minimum atomic E-state index is -0.497. The number of esters is 1. The van der Waals surface area contributed by atoms with E-state index in [0.29, 0.717) is 11.5 Å². The van der Waals surface area contributed by atoms with Crippen molar-refractivity contribution in [3.8, 4) is 11.5 Å². The number of aryl methyl sites for hydroxylation is 1. The first kappa shape index (κ1) is 13.9. The maximum Gasteiger partial charge on any atom is 0.302 e. The molecular weight excluding hydrogens is 264 g/mol. The van der Waals surface area contributed by atoms with Crippen LogP contribution in [0.2, 0.25) is 0 Å². The highest BCUT2D eigenvalue weighted by molar-refractivity contribution is 5.85. The van der Waals surface area contributed by atoms with Crippen LogP contribution in [0.4, 0.5) is 0 Å². The van der Waals surface area contributed by atoms with Gasteiger partial charge in [0.15, 0.2) is 0 Å². The van der Waals surface area contributed by atoms with Crippen molar-refractivity contribution in [2.24, 2.45) is 0 Å². The van der Waals surface area contributed by atoms with Gasteiger partial charge in [-0.2, -0.15) is 0 Å². The maximum atomic E-state index is 12.3. The molecule has 6 nitrogen and oxygen atoms in total. The molecule has 1 aromatic carbocycles. The first-order valence-electron chi connectivity index (χ1n) is 5.90. The van der Waals surface area contributed by atoms with Gasteiger partial charge in [0, 0.05) is 19.1 Å². The summed E-state index contributed by atoms with van der Waals surface area (Å²) in [6.07, 6.45) is 0. The molecule has 1 N–H and O–H groups in total. The van der Waals surface area contributed by atoms with E-state index in [1.54, 1.807) is 6.92 Å². The molecule has 1 heterocycles. The number of hydrogen-bond acceptors (Lipinski definition) is 6. The number of carbonyl (C=O) groups is 1. The summed E-state index contributed by atoms with van der Waals surface area (Å²) in [6, 6.07) is 2.84. The van der Waals surface area contributed by atoms with E-state index in [4.69, 9.17) is 13.9 Å².